The molecule has 2 aromatic heterocycles. The van der Waals surface area contributed by atoms with Crippen molar-refractivity contribution in [2.24, 2.45) is 0 Å². The van der Waals surface area contributed by atoms with Gasteiger partial charge in [0, 0.05) is 44.4 Å². The summed E-state index contributed by atoms with van der Waals surface area (Å²) >= 11 is 5.86. The number of anilines is 1. The van der Waals surface area contributed by atoms with Crippen molar-refractivity contribution in [2.45, 2.75) is 18.8 Å². The Labute approximate surface area is 139 Å². The van der Waals surface area contributed by atoms with Gasteiger partial charge in [-0.3, -0.25) is 4.79 Å². The third-order valence-corrected chi connectivity index (χ3v) is 4.55. The predicted octanol–water partition coefficient (Wildman–Crippen LogP) is 2.56. The molecular weight excluding hydrogens is 316 g/mol. The Kier molecular flexibility index (Phi) is 3.69. The summed E-state index contributed by atoms with van der Waals surface area (Å²) in [5.41, 5.74) is 0.421. The quantitative estimate of drug-likeness (QED) is 0.864. The average molecular weight is 333 g/mol. The Morgan fingerprint density at radius 2 is 2.00 bits per heavy atom. The second kappa shape index (κ2) is 5.85. The molecule has 1 saturated heterocycles. The van der Waals surface area contributed by atoms with Crippen LogP contribution < -0.4 is 4.90 Å². The van der Waals surface area contributed by atoms with Gasteiger partial charge in [-0.15, -0.1) is 0 Å². The molecule has 0 bridgehead atoms. The van der Waals surface area contributed by atoms with Gasteiger partial charge in [-0.1, -0.05) is 16.8 Å². The van der Waals surface area contributed by atoms with E-state index in [-0.39, 0.29) is 5.91 Å². The Balaban J connectivity index is 1.38. The largest absolute Gasteiger partial charge is 0.360 e. The highest BCUT2D eigenvalue weighted by molar-refractivity contribution is 6.30. The molecule has 2 aliphatic rings. The predicted molar refractivity (Wildman–Crippen MR) is 85.8 cm³/mol. The van der Waals surface area contributed by atoms with Crippen LogP contribution >= 0.6 is 11.6 Å². The molecular formula is C16H17ClN4O2. The molecule has 1 aliphatic carbocycles. The molecule has 0 atom stereocenters. The van der Waals surface area contributed by atoms with E-state index in [0.717, 1.165) is 37.5 Å². The summed E-state index contributed by atoms with van der Waals surface area (Å²) in [6.45, 7) is 2.78. The van der Waals surface area contributed by atoms with Gasteiger partial charge in [0.25, 0.3) is 5.91 Å². The highest BCUT2D eigenvalue weighted by atomic mass is 35.5. The summed E-state index contributed by atoms with van der Waals surface area (Å²) in [5.74, 6) is 2.15. The maximum atomic E-state index is 12.5. The molecule has 1 aliphatic heterocycles. The molecule has 0 spiro atoms. The number of halogens is 1. The summed E-state index contributed by atoms with van der Waals surface area (Å²) in [6, 6.07) is 5.53. The maximum absolute atomic E-state index is 12.5. The second-order valence-electron chi connectivity index (χ2n) is 6.00. The number of rotatable bonds is 3. The first-order valence-corrected chi connectivity index (χ1v) is 8.21. The van der Waals surface area contributed by atoms with Crippen LogP contribution in [-0.2, 0) is 0 Å². The van der Waals surface area contributed by atoms with E-state index in [1.165, 1.54) is 0 Å². The molecule has 0 radical (unpaired) electrons. The summed E-state index contributed by atoms with van der Waals surface area (Å²) < 4.78 is 5.27. The Bertz CT molecular complexity index is 703. The van der Waals surface area contributed by atoms with Crippen LogP contribution in [0.4, 0.5) is 5.82 Å². The highest BCUT2D eigenvalue weighted by Crippen LogP contribution is 2.40. The van der Waals surface area contributed by atoms with Crippen LogP contribution in [0.15, 0.2) is 28.9 Å². The Morgan fingerprint density at radius 1 is 1.22 bits per heavy atom. The summed E-state index contributed by atoms with van der Waals surface area (Å²) in [5, 5.41) is 4.56. The van der Waals surface area contributed by atoms with Crippen molar-refractivity contribution in [3.63, 3.8) is 0 Å². The monoisotopic (exact) mass is 332 g/mol. The minimum atomic E-state index is -0.0515. The lowest BCUT2D eigenvalue weighted by Gasteiger charge is -2.35. The number of aromatic nitrogens is 2. The van der Waals surface area contributed by atoms with Crippen LogP contribution in [0, 0.1) is 0 Å². The zero-order valence-corrected chi connectivity index (χ0v) is 13.4. The van der Waals surface area contributed by atoms with Crippen molar-refractivity contribution in [1.82, 2.24) is 15.0 Å². The SMILES string of the molecule is O=C(c1cc(C2CC2)on1)N1CCN(c2ccc(Cl)cn2)CC1. The van der Waals surface area contributed by atoms with E-state index in [1.54, 1.807) is 12.3 Å². The van der Waals surface area contributed by atoms with Crippen molar-refractivity contribution >= 4 is 23.3 Å². The van der Waals surface area contributed by atoms with Gasteiger partial charge in [-0.05, 0) is 25.0 Å². The zero-order chi connectivity index (χ0) is 15.8. The topological polar surface area (TPSA) is 62.5 Å². The van der Waals surface area contributed by atoms with Crippen molar-refractivity contribution in [2.75, 3.05) is 31.1 Å². The number of hydrogen-bond acceptors (Lipinski definition) is 5. The van der Waals surface area contributed by atoms with Gasteiger partial charge < -0.3 is 14.3 Å². The van der Waals surface area contributed by atoms with E-state index in [2.05, 4.69) is 15.0 Å². The molecule has 120 valence electrons. The first kappa shape index (κ1) is 14.5. The van der Waals surface area contributed by atoms with E-state index in [9.17, 15) is 4.79 Å². The van der Waals surface area contributed by atoms with E-state index < -0.39 is 0 Å². The zero-order valence-electron chi connectivity index (χ0n) is 12.6. The van der Waals surface area contributed by atoms with Crippen LogP contribution in [0.2, 0.25) is 5.02 Å². The van der Waals surface area contributed by atoms with Gasteiger partial charge in [0.15, 0.2) is 5.69 Å². The van der Waals surface area contributed by atoms with Crippen LogP contribution in [0.1, 0.15) is 35.0 Å². The number of nitrogens with zero attached hydrogens (tertiary/aromatic N) is 4. The number of carbonyl (C=O) groups is 1. The molecule has 0 unspecified atom stereocenters. The summed E-state index contributed by atoms with van der Waals surface area (Å²) in [6.07, 6.45) is 3.91. The fourth-order valence-corrected chi connectivity index (χ4v) is 2.92. The lowest BCUT2D eigenvalue weighted by molar-refractivity contribution is 0.0736. The van der Waals surface area contributed by atoms with Crippen LogP contribution in [0.25, 0.3) is 0 Å². The van der Waals surface area contributed by atoms with Gasteiger partial charge in [0.05, 0.1) is 5.02 Å². The Hall–Kier alpha value is -2.08. The Morgan fingerprint density at radius 3 is 2.65 bits per heavy atom. The third-order valence-electron chi connectivity index (χ3n) is 4.33. The minimum absolute atomic E-state index is 0.0515. The van der Waals surface area contributed by atoms with Gasteiger partial charge in [0.2, 0.25) is 0 Å². The number of piperazine rings is 1. The van der Waals surface area contributed by atoms with Crippen molar-refractivity contribution in [3.8, 4) is 0 Å². The van der Waals surface area contributed by atoms with E-state index in [4.69, 9.17) is 16.1 Å². The molecule has 1 amide bonds. The van der Waals surface area contributed by atoms with Crippen molar-refractivity contribution < 1.29 is 9.32 Å². The van der Waals surface area contributed by atoms with E-state index in [1.807, 2.05) is 17.0 Å². The van der Waals surface area contributed by atoms with Crippen molar-refractivity contribution in [1.29, 1.82) is 0 Å². The standard InChI is InChI=1S/C16H17ClN4O2/c17-12-3-4-15(18-10-12)20-5-7-21(8-6-20)16(22)13-9-14(23-19-13)11-1-2-11/h3-4,9-11H,1-2,5-8H2. The molecule has 2 fully saturated rings. The molecule has 2 aromatic rings. The van der Waals surface area contributed by atoms with Crippen LogP contribution in [0.5, 0.6) is 0 Å². The first-order valence-electron chi connectivity index (χ1n) is 7.83. The van der Waals surface area contributed by atoms with Crippen LogP contribution in [0.3, 0.4) is 0 Å². The fraction of sp³-hybridized carbons (Fsp3) is 0.438. The van der Waals surface area contributed by atoms with Crippen LogP contribution in [-0.4, -0.2) is 47.1 Å². The molecule has 3 heterocycles. The minimum Gasteiger partial charge on any atom is -0.360 e. The highest BCUT2D eigenvalue weighted by Gasteiger charge is 2.30. The number of hydrogen-bond donors (Lipinski definition) is 0. The van der Waals surface area contributed by atoms with Gasteiger partial charge in [0.1, 0.15) is 11.6 Å². The smallest absolute Gasteiger partial charge is 0.276 e. The lowest BCUT2D eigenvalue weighted by atomic mass is 10.2. The van der Waals surface area contributed by atoms with Gasteiger partial charge in [-0.25, -0.2) is 4.98 Å². The number of carbonyl (C=O) groups excluding carboxylic acids is 1. The number of pyridine rings is 1. The summed E-state index contributed by atoms with van der Waals surface area (Å²) in [4.78, 5) is 20.8. The molecule has 6 nitrogen and oxygen atoms in total. The normalized spacial score (nSPS) is 18.3. The number of amides is 1. The van der Waals surface area contributed by atoms with E-state index >= 15 is 0 Å². The van der Waals surface area contributed by atoms with Gasteiger partial charge in [-0.2, -0.15) is 0 Å². The molecule has 0 N–H and O–H groups in total. The molecule has 0 aromatic carbocycles. The maximum Gasteiger partial charge on any atom is 0.276 e. The average Bonchev–Trinajstić information content (AvgIpc) is 3.32. The van der Waals surface area contributed by atoms with Gasteiger partial charge >= 0.3 is 0 Å². The second-order valence-corrected chi connectivity index (χ2v) is 6.44. The lowest BCUT2D eigenvalue weighted by Crippen LogP contribution is -2.49. The molecule has 1 saturated carbocycles. The molecule has 4 rings (SSSR count). The van der Waals surface area contributed by atoms with Crippen molar-refractivity contribution in [3.05, 3.63) is 40.9 Å². The molecule has 7 heteroatoms. The summed E-state index contributed by atoms with van der Waals surface area (Å²) in [7, 11) is 0. The van der Waals surface area contributed by atoms with E-state index in [0.29, 0.717) is 29.7 Å². The third kappa shape index (κ3) is 3.03. The fourth-order valence-electron chi connectivity index (χ4n) is 2.81. The first-order chi connectivity index (χ1) is 11.2. The molecule has 23 heavy (non-hydrogen) atoms.